The Hall–Kier alpha value is -4.99. The first-order valence-corrected chi connectivity index (χ1v) is 11.8. The maximum atomic E-state index is 13.9. The number of phenols is 1. The van der Waals surface area contributed by atoms with E-state index in [9.17, 15) is 9.90 Å². The Morgan fingerprint density at radius 2 is 1.71 bits per heavy atom. The van der Waals surface area contributed by atoms with Crippen LogP contribution in [0.4, 0.5) is 11.6 Å². The number of aromatic nitrogens is 3. The minimum Gasteiger partial charge on any atom is -0.508 e. The summed E-state index contributed by atoms with van der Waals surface area (Å²) in [5.41, 5.74) is 2.81. The number of hydrogen-bond acceptors (Lipinski definition) is 8. The molecule has 2 heterocycles. The number of nitrogens with zero attached hydrogens (tertiary/aromatic N) is 3. The number of rotatable bonds is 7. The number of methoxy groups -OCH3 is 3. The van der Waals surface area contributed by atoms with Crippen LogP contribution in [0.2, 0.25) is 0 Å². The van der Waals surface area contributed by atoms with E-state index in [0.717, 1.165) is 0 Å². The van der Waals surface area contributed by atoms with E-state index in [2.05, 4.69) is 15.6 Å². The normalized spacial score (nSPS) is 14.4. The van der Waals surface area contributed by atoms with Crippen LogP contribution in [0.1, 0.15) is 18.5 Å². The molecule has 0 spiro atoms. The lowest BCUT2D eigenvalue weighted by Gasteiger charge is -2.30. The molecule has 194 valence electrons. The highest BCUT2D eigenvalue weighted by molar-refractivity contribution is 6.06. The number of carbonyl (C=O) groups is 1. The SMILES string of the molecule is COc1ccccc1NC(=O)C1=C(C)Nc2nc(-c3cccc(O)c3)nn2C1c1cccc(OC)c1OC. The van der Waals surface area contributed by atoms with Crippen molar-refractivity contribution in [2.45, 2.75) is 13.0 Å². The van der Waals surface area contributed by atoms with Crippen molar-refractivity contribution in [3.8, 4) is 34.4 Å². The maximum Gasteiger partial charge on any atom is 0.255 e. The number of para-hydroxylation sites is 3. The summed E-state index contributed by atoms with van der Waals surface area (Å²) in [6, 6.07) is 18.6. The smallest absolute Gasteiger partial charge is 0.255 e. The number of aromatic hydroxyl groups is 1. The molecule has 1 aromatic heterocycles. The summed E-state index contributed by atoms with van der Waals surface area (Å²) in [6.45, 7) is 1.81. The van der Waals surface area contributed by atoms with E-state index >= 15 is 0 Å². The fourth-order valence-corrected chi connectivity index (χ4v) is 4.56. The van der Waals surface area contributed by atoms with Gasteiger partial charge in [-0.05, 0) is 37.3 Å². The largest absolute Gasteiger partial charge is 0.508 e. The molecule has 1 aliphatic rings. The third-order valence-corrected chi connectivity index (χ3v) is 6.28. The van der Waals surface area contributed by atoms with Gasteiger partial charge in [-0.3, -0.25) is 4.79 Å². The second kappa shape index (κ2) is 10.2. The number of benzene rings is 3. The molecule has 1 amide bonds. The van der Waals surface area contributed by atoms with Crippen molar-refractivity contribution in [3.05, 3.63) is 83.6 Å². The van der Waals surface area contributed by atoms with Gasteiger partial charge in [0.05, 0.1) is 32.6 Å². The van der Waals surface area contributed by atoms with Crippen LogP contribution in [-0.4, -0.2) is 47.1 Å². The van der Waals surface area contributed by atoms with Gasteiger partial charge in [-0.15, -0.1) is 5.10 Å². The number of anilines is 2. The van der Waals surface area contributed by atoms with Crippen LogP contribution in [0.5, 0.6) is 23.0 Å². The van der Waals surface area contributed by atoms with Crippen molar-refractivity contribution >= 4 is 17.5 Å². The van der Waals surface area contributed by atoms with Crippen LogP contribution in [0.25, 0.3) is 11.4 Å². The van der Waals surface area contributed by atoms with Crippen molar-refractivity contribution in [3.63, 3.8) is 0 Å². The number of hydrogen-bond donors (Lipinski definition) is 3. The highest BCUT2D eigenvalue weighted by Crippen LogP contribution is 2.43. The molecule has 0 aliphatic carbocycles. The van der Waals surface area contributed by atoms with Crippen molar-refractivity contribution in [2.75, 3.05) is 32.0 Å². The van der Waals surface area contributed by atoms with E-state index < -0.39 is 6.04 Å². The summed E-state index contributed by atoms with van der Waals surface area (Å²) >= 11 is 0. The Kier molecular flexibility index (Phi) is 6.61. The first-order chi connectivity index (χ1) is 18.4. The predicted molar refractivity (Wildman–Crippen MR) is 143 cm³/mol. The molecule has 1 aliphatic heterocycles. The van der Waals surface area contributed by atoms with Crippen LogP contribution >= 0.6 is 0 Å². The van der Waals surface area contributed by atoms with Crippen molar-refractivity contribution in [2.24, 2.45) is 0 Å². The molecule has 1 unspecified atom stereocenters. The van der Waals surface area contributed by atoms with Crippen LogP contribution in [0.3, 0.4) is 0 Å². The molecule has 38 heavy (non-hydrogen) atoms. The Labute approximate surface area is 219 Å². The fraction of sp³-hybridized carbons (Fsp3) is 0.179. The summed E-state index contributed by atoms with van der Waals surface area (Å²) in [7, 11) is 4.65. The van der Waals surface area contributed by atoms with Gasteiger partial charge in [0.1, 0.15) is 17.5 Å². The lowest BCUT2D eigenvalue weighted by atomic mass is 9.94. The van der Waals surface area contributed by atoms with Gasteiger partial charge in [-0.1, -0.05) is 36.4 Å². The van der Waals surface area contributed by atoms with Crippen LogP contribution < -0.4 is 24.8 Å². The number of ether oxygens (including phenoxy) is 3. The van der Waals surface area contributed by atoms with Gasteiger partial charge in [-0.25, -0.2) is 4.68 Å². The summed E-state index contributed by atoms with van der Waals surface area (Å²) in [6.07, 6.45) is 0. The zero-order valence-electron chi connectivity index (χ0n) is 21.4. The van der Waals surface area contributed by atoms with E-state index in [1.807, 2.05) is 31.2 Å². The highest BCUT2D eigenvalue weighted by atomic mass is 16.5. The van der Waals surface area contributed by atoms with Gasteiger partial charge >= 0.3 is 0 Å². The molecule has 4 aromatic rings. The lowest BCUT2D eigenvalue weighted by molar-refractivity contribution is -0.113. The maximum absolute atomic E-state index is 13.9. The van der Waals surface area contributed by atoms with E-state index in [1.165, 1.54) is 0 Å². The predicted octanol–water partition coefficient (Wildman–Crippen LogP) is 4.60. The minimum absolute atomic E-state index is 0.0976. The van der Waals surface area contributed by atoms with Crippen LogP contribution in [0.15, 0.2) is 78.0 Å². The Morgan fingerprint density at radius 1 is 0.974 bits per heavy atom. The summed E-state index contributed by atoms with van der Waals surface area (Å²) in [4.78, 5) is 18.5. The van der Waals surface area contributed by atoms with Gasteiger partial charge in [0.25, 0.3) is 5.91 Å². The zero-order chi connectivity index (χ0) is 26.8. The molecule has 0 radical (unpaired) electrons. The standard InChI is InChI=1S/C28H27N5O5/c1-16-23(27(35)30-20-12-5-6-13-21(20)36-2)24(19-11-8-14-22(37-3)25(19)38-4)33-28(29-16)31-26(32-33)17-9-7-10-18(34)15-17/h5-15,24,34H,1-4H3,(H,30,35)(H,29,31,32). The van der Waals surface area contributed by atoms with Crippen molar-refractivity contribution in [1.29, 1.82) is 0 Å². The molecule has 3 N–H and O–H groups in total. The average molecular weight is 514 g/mol. The summed E-state index contributed by atoms with van der Waals surface area (Å²) < 4.78 is 18.4. The number of amides is 1. The van der Waals surface area contributed by atoms with Gasteiger partial charge in [-0.2, -0.15) is 4.98 Å². The van der Waals surface area contributed by atoms with E-state index in [-0.39, 0.29) is 11.7 Å². The van der Waals surface area contributed by atoms with E-state index in [4.69, 9.17) is 19.3 Å². The molecule has 0 saturated carbocycles. The Balaban J connectivity index is 1.67. The van der Waals surface area contributed by atoms with Crippen LogP contribution in [-0.2, 0) is 4.79 Å². The Morgan fingerprint density at radius 3 is 2.45 bits per heavy atom. The topological polar surface area (TPSA) is 120 Å². The van der Waals surface area contributed by atoms with Gasteiger partial charge in [0, 0.05) is 16.8 Å². The third-order valence-electron chi connectivity index (χ3n) is 6.28. The fourth-order valence-electron chi connectivity index (χ4n) is 4.56. The van der Waals surface area contributed by atoms with E-state index in [1.54, 1.807) is 68.5 Å². The first-order valence-electron chi connectivity index (χ1n) is 11.8. The molecular weight excluding hydrogens is 486 g/mol. The van der Waals surface area contributed by atoms with Crippen molar-refractivity contribution in [1.82, 2.24) is 14.8 Å². The third kappa shape index (κ3) is 4.36. The quantitative estimate of drug-likeness (QED) is 0.328. The average Bonchev–Trinajstić information content (AvgIpc) is 3.35. The highest BCUT2D eigenvalue weighted by Gasteiger charge is 2.37. The van der Waals surface area contributed by atoms with Gasteiger partial charge in [0.2, 0.25) is 5.95 Å². The molecule has 10 heteroatoms. The molecule has 1 atom stereocenters. The second-order valence-electron chi connectivity index (χ2n) is 8.56. The number of nitrogens with one attached hydrogen (secondary N) is 2. The molecule has 3 aromatic carbocycles. The second-order valence-corrected chi connectivity index (χ2v) is 8.56. The summed E-state index contributed by atoms with van der Waals surface area (Å²) in [5.74, 6) is 2.08. The zero-order valence-corrected chi connectivity index (χ0v) is 21.4. The van der Waals surface area contributed by atoms with Gasteiger partial charge in [0.15, 0.2) is 17.3 Å². The Bertz CT molecular complexity index is 1540. The summed E-state index contributed by atoms with van der Waals surface area (Å²) in [5, 5.41) is 20.9. The molecule has 10 nitrogen and oxygen atoms in total. The van der Waals surface area contributed by atoms with Crippen molar-refractivity contribution < 1.29 is 24.1 Å². The molecular formula is C28H27N5O5. The van der Waals surface area contributed by atoms with Gasteiger partial charge < -0.3 is 30.0 Å². The minimum atomic E-state index is -0.718. The molecule has 0 fully saturated rings. The molecule has 5 rings (SSSR count). The number of allylic oxidation sites excluding steroid dienone is 1. The lowest BCUT2D eigenvalue weighted by Crippen LogP contribution is -2.32. The molecule has 0 saturated heterocycles. The van der Waals surface area contributed by atoms with Crippen LogP contribution in [0, 0.1) is 0 Å². The monoisotopic (exact) mass is 513 g/mol. The number of carbonyl (C=O) groups excluding carboxylic acids is 1. The first kappa shape index (κ1) is 24.7. The number of phenolic OH excluding ortho intramolecular Hbond substituents is 1. The molecule has 0 bridgehead atoms. The van der Waals surface area contributed by atoms with E-state index in [0.29, 0.717) is 57.1 Å². The number of fused-ring (bicyclic) bond motifs is 1.